The summed E-state index contributed by atoms with van der Waals surface area (Å²) in [6.07, 6.45) is -0.125. The molecule has 0 aliphatic carbocycles. The fraction of sp³-hybridized carbons (Fsp3) is 0.600. The van der Waals surface area contributed by atoms with Crippen LogP contribution in [-0.2, 0) is 20.6 Å². The molecular weight excluding hydrogens is 310 g/mol. The molecule has 0 bridgehead atoms. The van der Waals surface area contributed by atoms with Crippen LogP contribution in [0.25, 0.3) is 0 Å². The minimum absolute atomic E-state index is 0.125. The minimum atomic E-state index is -3.53. The average Bonchev–Trinajstić information content (AvgIpc) is 2.36. The van der Waals surface area contributed by atoms with Crippen molar-refractivity contribution in [3.63, 3.8) is 0 Å². The third-order valence-electron chi connectivity index (χ3n) is 3.56. The molecule has 1 fully saturated rings. The number of sulfonamides is 1. The molecule has 1 aromatic carbocycles. The van der Waals surface area contributed by atoms with Crippen molar-refractivity contribution in [2.24, 2.45) is 0 Å². The molecule has 0 amide bonds. The van der Waals surface area contributed by atoms with Gasteiger partial charge in [0.2, 0.25) is 10.0 Å². The zero-order valence-corrected chi connectivity index (χ0v) is 14.5. The molecule has 1 unspecified atom stereocenters. The maximum absolute atomic E-state index is 12.9. The standard InChI is InChI=1S/C15H22ClNO3S/c1-11-5-6-13(8-16)7-14(11)21(18,19)17-9-12(2)20-15(3,4)10-17/h5-7,12H,8-10H2,1-4H3. The zero-order valence-electron chi connectivity index (χ0n) is 12.9. The third-order valence-corrected chi connectivity index (χ3v) is 5.83. The molecule has 1 saturated heterocycles. The van der Waals surface area contributed by atoms with E-state index in [9.17, 15) is 8.42 Å². The van der Waals surface area contributed by atoms with Crippen LogP contribution < -0.4 is 0 Å². The molecule has 21 heavy (non-hydrogen) atoms. The second-order valence-corrected chi connectivity index (χ2v) is 8.39. The number of nitrogens with zero attached hydrogens (tertiary/aromatic N) is 1. The third kappa shape index (κ3) is 3.59. The lowest BCUT2D eigenvalue weighted by atomic mass is 10.1. The van der Waals surface area contributed by atoms with Crippen LogP contribution in [-0.4, -0.2) is 37.5 Å². The molecule has 1 heterocycles. The molecular formula is C15H22ClNO3S. The summed E-state index contributed by atoms with van der Waals surface area (Å²) in [5.74, 6) is 0.299. The first-order valence-electron chi connectivity index (χ1n) is 6.99. The quantitative estimate of drug-likeness (QED) is 0.800. The number of hydrogen-bond donors (Lipinski definition) is 0. The number of benzene rings is 1. The van der Waals surface area contributed by atoms with Crippen molar-refractivity contribution in [3.8, 4) is 0 Å². The number of halogens is 1. The number of ether oxygens (including phenoxy) is 1. The molecule has 1 aromatic rings. The van der Waals surface area contributed by atoms with E-state index in [2.05, 4.69) is 0 Å². The van der Waals surface area contributed by atoms with E-state index in [4.69, 9.17) is 16.3 Å². The summed E-state index contributed by atoms with van der Waals surface area (Å²) in [6, 6.07) is 5.33. The van der Waals surface area contributed by atoms with Crippen LogP contribution in [0.4, 0.5) is 0 Å². The normalized spacial score (nSPS) is 23.2. The second kappa shape index (κ2) is 5.88. The van der Waals surface area contributed by atoms with Crippen molar-refractivity contribution < 1.29 is 13.2 Å². The van der Waals surface area contributed by atoms with E-state index >= 15 is 0 Å². The van der Waals surface area contributed by atoms with Gasteiger partial charge >= 0.3 is 0 Å². The van der Waals surface area contributed by atoms with Crippen molar-refractivity contribution in [3.05, 3.63) is 29.3 Å². The topological polar surface area (TPSA) is 46.6 Å². The molecule has 2 rings (SSSR count). The summed E-state index contributed by atoms with van der Waals surface area (Å²) < 4.78 is 33.2. The van der Waals surface area contributed by atoms with Gasteiger partial charge in [-0.1, -0.05) is 12.1 Å². The summed E-state index contributed by atoms with van der Waals surface area (Å²) in [5.41, 5.74) is 1.06. The van der Waals surface area contributed by atoms with E-state index in [1.807, 2.05) is 26.8 Å². The number of aryl methyl sites for hydroxylation is 1. The van der Waals surface area contributed by atoms with Gasteiger partial charge in [0.25, 0.3) is 0 Å². The Labute approximate surface area is 132 Å². The summed E-state index contributed by atoms with van der Waals surface area (Å²) in [5, 5.41) is 0. The lowest BCUT2D eigenvalue weighted by molar-refractivity contribution is -0.109. The van der Waals surface area contributed by atoms with Gasteiger partial charge in [-0.05, 0) is 44.9 Å². The number of alkyl halides is 1. The first-order valence-corrected chi connectivity index (χ1v) is 8.96. The summed E-state index contributed by atoms with van der Waals surface area (Å²) in [7, 11) is -3.53. The minimum Gasteiger partial charge on any atom is -0.370 e. The fourth-order valence-electron chi connectivity index (χ4n) is 2.72. The Morgan fingerprint density at radius 2 is 2.10 bits per heavy atom. The Morgan fingerprint density at radius 1 is 1.43 bits per heavy atom. The highest BCUT2D eigenvalue weighted by Crippen LogP contribution is 2.28. The van der Waals surface area contributed by atoms with Gasteiger partial charge in [0.05, 0.1) is 16.6 Å². The summed E-state index contributed by atoms with van der Waals surface area (Å²) in [6.45, 7) is 8.24. The molecule has 6 heteroatoms. The van der Waals surface area contributed by atoms with Crippen molar-refractivity contribution in [2.45, 2.75) is 50.2 Å². The van der Waals surface area contributed by atoms with E-state index < -0.39 is 15.6 Å². The molecule has 0 spiro atoms. The first kappa shape index (κ1) is 16.7. The summed E-state index contributed by atoms with van der Waals surface area (Å²) >= 11 is 5.83. The van der Waals surface area contributed by atoms with Crippen LogP contribution in [0.2, 0.25) is 0 Å². The highest BCUT2D eigenvalue weighted by Gasteiger charge is 2.38. The van der Waals surface area contributed by atoms with Crippen LogP contribution >= 0.6 is 11.6 Å². The van der Waals surface area contributed by atoms with Crippen molar-refractivity contribution in [2.75, 3.05) is 13.1 Å². The molecule has 0 aromatic heterocycles. The fourth-order valence-corrected chi connectivity index (χ4v) is 4.83. The molecule has 0 radical (unpaired) electrons. The Balaban J connectivity index is 2.42. The average molecular weight is 332 g/mol. The van der Waals surface area contributed by atoms with Gasteiger partial charge in [0, 0.05) is 19.0 Å². The molecule has 4 nitrogen and oxygen atoms in total. The van der Waals surface area contributed by atoms with Gasteiger partial charge in [0.1, 0.15) is 0 Å². The molecule has 118 valence electrons. The highest BCUT2D eigenvalue weighted by molar-refractivity contribution is 7.89. The van der Waals surface area contributed by atoms with Crippen LogP contribution in [0.3, 0.4) is 0 Å². The molecule has 0 saturated carbocycles. The zero-order chi connectivity index (χ0) is 15.8. The molecule has 1 aliphatic heterocycles. The van der Waals surface area contributed by atoms with E-state index in [0.717, 1.165) is 11.1 Å². The van der Waals surface area contributed by atoms with Crippen LogP contribution in [0.5, 0.6) is 0 Å². The Kier molecular flexibility index (Phi) is 4.69. The number of morpholine rings is 1. The van der Waals surface area contributed by atoms with Crippen molar-refractivity contribution in [1.29, 1.82) is 0 Å². The van der Waals surface area contributed by atoms with E-state index in [1.54, 1.807) is 19.1 Å². The van der Waals surface area contributed by atoms with Gasteiger partial charge < -0.3 is 4.74 Å². The van der Waals surface area contributed by atoms with Crippen LogP contribution in [0, 0.1) is 6.92 Å². The Morgan fingerprint density at radius 3 is 2.67 bits per heavy atom. The smallest absolute Gasteiger partial charge is 0.243 e. The van der Waals surface area contributed by atoms with E-state index in [1.165, 1.54) is 4.31 Å². The summed E-state index contributed by atoms with van der Waals surface area (Å²) in [4.78, 5) is 0.338. The van der Waals surface area contributed by atoms with Gasteiger partial charge in [-0.3, -0.25) is 0 Å². The van der Waals surface area contributed by atoms with Gasteiger partial charge in [0.15, 0.2) is 0 Å². The molecule has 1 atom stereocenters. The van der Waals surface area contributed by atoms with Gasteiger partial charge in [-0.2, -0.15) is 4.31 Å². The highest BCUT2D eigenvalue weighted by atomic mass is 35.5. The SMILES string of the molecule is Cc1ccc(CCl)cc1S(=O)(=O)N1CC(C)OC(C)(C)C1. The van der Waals surface area contributed by atoms with E-state index in [-0.39, 0.29) is 6.10 Å². The molecule has 1 aliphatic rings. The number of hydrogen-bond acceptors (Lipinski definition) is 3. The lowest BCUT2D eigenvalue weighted by Gasteiger charge is -2.41. The largest absolute Gasteiger partial charge is 0.370 e. The number of rotatable bonds is 3. The lowest BCUT2D eigenvalue weighted by Crippen LogP contribution is -2.53. The maximum atomic E-state index is 12.9. The Bertz CT molecular complexity index is 628. The van der Waals surface area contributed by atoms with Crippen molar-refractivity contribution >= 4 is 21.6 Å². The predicted octanol–water partition coefficient (Wildman–Crippen LogP) is 2.92. The first-order chi connectivity index (χ1) is 9.65. The maximum Gasteiger partial charge on any atom is 0.243 e. The van der Waals surface area contributed by atoms with E-state index in [0.29, 0.717) is 23.9 Å². The van der Waals surface area contributed by atoms with Crippen LogP contribution in [0.15, 0.2) is 23.1 Å². The van der Waals surface area contributed by atoms with Gasteiger partial charge in [-0.25, -0.2) is 8.42 Å². The van der Waals surface area contributed by atoms with Crippen LogP contribution in [0.1, 0.15) is 31.9 Å². The second-order valence-electron chi connectivity index (χ2n) is 6.22. The Hall–Kier alpha value is -0.620. The van der Waals surface area contributed by atoms with Gasteiger partial charge in [-0.15, -0.1) is 11.6 Å². The molecule has 0 N–H and O–H groups in total. The van der Waals surface area contributed by atoms with Crippen molar-refractivity contribution in [1.82, 2.24) is 4.31 Å². The monoisotopic (exact) mass is 331 g/mol. The predicted molar refractivity (Wildman–Crippen MR) is 84.1 cm³/mol.